The van der Waals surface area contributed by atoms with Crippen LogP contribution in [0.25, 0.3) is 0 Å². The van der Waals surface area contributed by atoms with E-state index in [1.807, 2.05) is 0 Å². The molecular weight excluding hydrogens is 416 g/mol. The molecule has 1 aliphatic rings. The Morgan fingerprint density at radius 2 is 1.50 bits per heavy atom. The highest BCUT2D eigenvalue weighted by molar-refractivity contribution is 5.87. The maximum absolute atomic E-state index is 6.69. The van der Waals surface area contributed by atoms with Gasteiger partial charge in [-0.2, -0.15) is 0 Å². The number of nitrogens with one attached hydrogen (secondary N) is 1. The minimum Gasteiger partial charge on any atom is -0.466 e. The first-order chi connectivity index (χ1) is 15.5. The molecule has 3 rings (SSSR count). The van der Waals surface area contributed by atoms with E-state index in [1.165, 1.54) is 22.3 Å². The van der Waals surface area contributed by atoms with E-state index in [0.717, 1.165) is 22.8 Å². The maximum Gasteiger partial charge on any atom is 0.183 e. The molecule has 1 atom stereocenters. The normalized spacial score (nSPS) is 18.8. The third-order valence-electron chi connectivity index (χ3n) is 6.73. The fourth-order valence-corrected chi connectivity index (χ4v) is 4.80. The highest BCUT2D eigenvalue weighted by Crippen LogP contribution is 2.47. The van der Waals surface area contributed by atoms with Crippen molar-refractivity contribution < 1.29 is 4.74 Å². The molecule has 0 radical (unpaired) electrons. The molecule has 0 bridgehead atoms. The number of benzene rings is 2. The Morgan fingerprint density at radius 1 is 0.941 bits per heavy atom. The van der Waals surface area contributed by atoms with Gasteiger partial charge in [0.2, 0.25) is 0 Å². The SMILES string of the molecule is CC(C[C@@]1(C)Nc2cc(C(C)(C)C)cc(C(C)(C)C)c2O1)=Nc1c(C(C)C)cccc1C(C)C. The topological polar surface area (TPSA) is 33.6 Å². The molecule has 0 unspecified atom stereocenters. The minimum absolute atomic E-state index is 0.0101. The molecule has 1 aliphatic heterocycles. The van der Waals surface area contributed by atoms with Crippen molar-refractivity contribution in [2.24, 2.45) is 4.99 Å². The van der Waals surface area contributed by atoms with Gasteiger partial charge in [-0.05, 0) is 59.3 Å². The zero-order valence-electron chi connectivity index (χ0n) is 23.6. The van der Waals surface area contributed by atoms with Crippen molar-refractivity contribution in [3.63, 3.8) is 0 Å². The van der Waals surface area contributed by atoms with E-state index in [9.17, 15) is 0 Å². The lowest BCUT2D eigenvalue weighted by Gasteiger charge is -2.28. The lowest BCUT2D eigenvalue weighted by Crippen LogP contribution is -2.38. The zero-order valence-corrected chi connectivity index (χ0v) is 23.6. The van der Waals surface area contributed by atoms with Crippen LogP contribution in [0, 0.1) is 0 Å². The number of ether oxygens (including phenoxy) is 1. The van der Waals surface area contributed by atoms with Crippen LogP contribution in [0.3, 0.4) is 0 Å². The Hall–Kier alpha value is -2.29. The van der Waals surface area contributed by atoms with E-state index in [0.29, 0.717) is 18.3 Å². The van der Waals surface area contributed by atoms with E-state index >= 15 is 0 Å². The number of hydrogen-bond acceptors (Lipinski definition) is 3. The van der Waals surface area contributed by atoms with Crippen LogP contribution in [-0.2, 0) is 10.8 Å². The molecule has 0 amide bonds. The first kappa shape index (κ1) is 26.3. The molecular formula is C31H46N2O. The van der Waals surface area contributed by atoms with Crippen LogP contribution in [0.2, 0.25) is 0 Å². The fraction of sp³-hybridized carbons (Fsp3) is 0.581. The maximum atomic E-state index is 6.69. The Kier molecular flexibility index (Phi) is 7.01. The van der Waals surface area contributed by atoms with Gasteiger partial charge in [-0.15, -0.1) is 0 Å². The van der Waals surface area contributed by atoms with Gasteiger partial charge in [0.25, 0.3) is 0 Å². The van der Waals surface area contributed by atoms with Gasteiger partial charge in [0.15, 0.2) is 5.72 Å². The number of para-hydroxylation sites is 1. The molecule has 0 fully saturated rings. The van der Waals surface area contributed by atoms with Crippen molar-refractivity contribution in [1.82, 2.24) is 0 Å². The molecule has 0 spiro atoms. The molecule has 2 aromatic carbocycles. The standard InChI is InChI=1S/C31H46N2O/c1-19(2)23-14-13-15-24(20(3)4)27(23)32-21(5)18-31(12)33-26-17-22(29(6,7)8)16-25(28(26)34-31)30(9,10)11/h13-17,19-20,33H,18H2,1-12H3/t31-/m0/s1. The number of fused-ring (bicyclic) bond motifs is 1. The molecule has 0 aliphatic carbocycles. The molecule has 186 valence electrons. The second-order valence-corrected chi connectivity index (χ2v) is 13.0. The molecule has 3 heteroatoms. The van der Waals surface area contributed by atoms with Crippen LogP contribution in [0.1, 0.15) is 124 Å². The lowest BCUT2D eigenvalue weighted by atomic mass is 9.80. The summed E-state index contributed by atoms with van der Waals surface area (Å²) in [5, 5.41) is 3.72. The average Bonchev–Trinajstić information content (AvgIpc) is 3.00. The van der Waals surface area contributed by atoms with Crippen LogP contribution < -0.4 is 10.1 Å². The van der Waals surface area contributed by atoms with Crippen molar-refractivity contribution in [1.29, 1.82) is 0 Å². The summed E-state index contributed by atoms with van der Waals surface area (Å²) in [5.41, 5.74) is 8.04. The minimum atomic E-state index is -0.531. The van der Waals surface area contributed by atoms with Crippen molar-refractivity contribution in [2.75, 3.05) is 5.32 Å². The quantitative estimate of drug-likeness (QED) is 0.449. The van der Waals surface area contributed by atoms with Gasteiger partial charge in [-0.1, -0.05) is 93.5 Å². The summed E-state index contributed by atoms with van der Waals surface area (Å²) in [4.78, 5) is 5.20. The van der Waals surface area contributed by atoms with Crippen LogP contribution in [-0.4, -0.2) is 11.4 Å². The summed E-state index contributed by atoms with van der Waals surface area (Å²) in [7, 11) is 0. The average molecular weight is 463 g/mol. The Morgan fingerprint density at radius 3 is 1.97 bits per heavy atom. The van der Waals surface area contributed by atoms with E-state index in [1.54, 1.807) is 0 Å². The summed E-state index contributed by atoms with van der Waals surface area (Å²) >= 11 is 0. The first-order valence-corrected chi connectivity index (χ1v) is 12.8. The third-order valence-corrected chi connectivity index (χ3v) is 6.73. The van der Waals surface area contributed by atoms with Crippen molar-refractivity contribution >= 4 is 17.1 Å². The van der Waals surface area contributed by atoms with Crippen molar-refractivity contribution in [3.8, 4) is 5.75 Å². The van der Waals surface area contributed by atoms with Crippen LogP contribution in [0.15, 0.2) is 35.3 Å². The van der Waals surface area contributed by atoms with Gasteiger partial charge in [0, 0.05) is 17.7 Å². The highest BCUT2D eigenvalue weighted by Gasteiger charge is 2.39. The molecule has 1 heterocycles. The summed E-state index contributed by atoms with van der Waals surface area (Å²) in [5.74, 6) is 1.84. The number of anilines is 1. The Bertz CT molecular complexity index is 1050. The molecule has 2 aromatic rings. The predicted octanol–water partition coefficient (Wildman–Crippen LogP) is 9.23. The summed E-state index contributed by atoms with van der Waals surface area (Å²) in [6.07, 6.45) is 0.708. The highest BCUT2D eigenvalue weighted by atomic mass is 16.5. The van der Waals surface area contributed by atoms with Crippen molar-refractivity contribution in [2.45, 2.75) is 118 Å². The molecule has 3 nitrogen and oxygen atoms in total. The number of aliphatic imine (C=N–C) groups is 1. The smallest absolute Gasteiger partial charge is 0.183 e. The van der Waals surface area contributed by atoms with E-state index in [-0.39, 0.29) is 10.8 Å². The number of nitrogens with zero attached hydrogens (tertiary/aromatic N) is 1. The van der Waals surface area contributed by atoms with Gasteiger partial charge < -0.3 is 10.1 Å². The van der Waals surface area contributed by atoms with Gasteiger partial charge in [0.1, 0.15) is 5.75 Å². The number of hydrogen-bond donors (Lipinski definition) is 1. The van der Waals surface area contributed by atoms with Gasteiger partial charge in [-0.3, -0.25) is 4.99 Å². The Balaban J connectivity index is 1.99. The van der Waals surface area contributed by atoms with E-state index < -0.39 is 5.72 Å². The van der Waals surface area contributed by atoms with Crippen LogP contribution >= 0.6 is 0 Å². The lowest BCUT2D eigenvalue weighted by molar-refractivity contribution is 0.145. The van der Waals surface area contributed by atoms with Crippen molar-refractivity contribution in [3.05, 3.63) is 52.6 Å². The zero-order chi connectivity index (χ0) is 25.6. The second kappa shape index (κ2) is 9.06. The second-order valence-electron chi connectivity index (χ2n) is 13.0. The van der Waals surface area contributed by atoms with Crippen LogP contribution in [0.5, 0.6) is 5.75 Å². The van der Waals surface area contributed by atoms with E-state index in [4.69, 9.17) is 9.73 Å². The number of rotatable bonds is 5. The van der Waals surface area contributed by atoms with Gasteiger partial charge >= 0.3 is 0 Å². The van der Waals surface area contributed by atoms with E-state index in [2.05, 4.69) is 119 Å². The monoisotopic (exact) mass is 462 g/mol. The molecule has 34 heavy (non-hydrogen) atoms. The Labute approximate surface area is 208 Å². The van der Waals surface area contributed by atoms with Gasteiger partial charge in [0.05, 0.1) is 11.4 Å². The van der Waals surface area contributed by atoms with Gasteiger partial charge in [-0.25, -0.2) is 0 Å². The largest absolute Gasteiger partial charge is 0.466 e. The molecule has 0 saturated heterocycles. The molecule has 0 saturated carbocycles. The van der Waals surface area contributed by atoms with Crippen LogP contribution in [0.4, 0.5) is 11.4 Å². The first-order valence-electron chi connectivity index (χ1n) is 12.8. The summed E-state index contributed by atoms with van der Waals surface area (Å²) < 4.78 is 6.69. The summed E-state index contributed by atoms with van der Waals surface area (Å²) in [6, 6.07) is 11.2. The third kappa shape index (κ3) is 5.50. The fourth-order valence-electron chi connectivity index (χ4n) is 4.80. The molecule has 1 N–H and O–H groups in total. The summed E-state index contributed by atoms with van der Waals surface area (Å²) in [6.45, 7) is 26.8. The predicted molar refractivity (Wildman–Crippen MR) is 149 cm³/mol. The molecule has 0 aromatic heterocycles.